The van der Waals surface area contributed by atoms with Crippen molar-refractivity contribution >= 4 is 33.3 Å². The zero-order chi connectivity index (χ0) is 15.1. The van der Waals surface area contributed by atoms with Crippen LogP contribution in [-0.4, -0.2) is 30.2 Å². The first-order valence-corrected chi connectivity index (χ1v) is 8.06. The van der Waals surface area contributed by atoms with E-state index in [4.69, 9.17) is 0 Å². The number of aryl methyl sites for hydroxylation is 3. The molecule has 0 aromatic carbocycles. The highest BCUT2D eigenvalue weighted by Gasteiger charge is 2.17. The lowest BCUT2D eigenvalue weighted by atomic mass is 10.2. The van der Waals surface area contributed by atoms with Gasteiger partial charge in [0.05, 0.1) is 10.6 Å². The van der Waals surface area contributed by atoms with Crippen LogP contribution in [0.3, 0.4) is 0 Å². The summed E-state index contributed by atoms with van der Waals surface area (Å²) >= 11 is 3.01. The van der Waals surface area contributed by atoms with Crippen molar-refractivity contribution in [3.8, 4) is 0 Å². The molecule has 0 bridgehead atoms. The van der Waals surface area contributed by atoms with E-state index in [-0.39, 0.29) is 10.8 Å². The number of rotatable bonds is 3. The third kappa shape index (κ3) is 2.46. The highest BCUT2D eigenvalue weighted by molar-refractivity contribution is 7.99. The monoisotopic (exact) mass is 322 g/mol. The Morgan fingerprint density at radius 1 is 1.38 bits per heavy atom. The Labute approximate surface area is 128 Å². The summed E-state index contributed by atoms with van der Waals surface area (Å²) in [5, 5.41) is 12.7. The minimum absolute atomic E-state index is 0.0467. The van der Waals surface area contributed by atoms with Crippen LogP contribution in [-0.2, 0) is 7.05 Å². The molecule has 3 heterocycles. The van der Waals surface area contributed by atoms with Gasteiger partial charge in [-0.2, -0.15) is 0 Å². The molecule has 0 aliphatic rings. The van der Waals surface area contributed by atoms with E-state index < -0.39 is 0 Å². The van der Waals surface area contributed by atoms with Crippen molar-refractivity contribution in [2.75, 3.05) is 0 Å². The van der Waals surface area contributed by atoms with E-state index in [0.29, 0.717) is 16.4 Å². The van der Waals surface area contributed by atoms with Crippen LogP contribution in [0, 0.1) is 13.8 Å². The molecule has 0 saturated heterocycles. The average Bonchev–Trinajstić information content (AvgIpc) is 2.95. The summed E-state index contributed by atoms with van der Waals surface area (Å²) in [6, 6.07) is 0. The van der Waals surface area contributed by atoms with Crippen molar-refractivity contribution < 1.29 is 0 Å². The maximum atomic E-state index is 12.3. The van der Waals surface area contributed by atoms with Crippen LogP contribution in [0.25, 0.3) is 10.2 Å². The normalized spacial score (nSPS) is 13.0. The number of nitrogens with zero attached hydrogens (tertiary/aromatic N) is 5. The molecule has 0 spiro atoms. The lowest BCUT2D eigenvalue weighted by Crippen LogP contribution is -2.12. The van der Waals surface area contributed by atoms with E-state index in [1.54, 1.807) is 23.1 Å². The van der Waals surface area contributed by atoms with Crippen molar-refractivity contribution in [1.82, 2.24) is 30.2 Å². The molecular formula is C12H14N6OS2. The minimum Gasteiger partial charge on any atom is -0.309 e. The molecule has 21 heavy (non-hydrogen) atoms. The number of H-pyrrole nitrogens is 1. The largest absolute Gasteiger partial charge is 0.309 e. The molecule has 3 rings (SSSR count). The molecule has 3 aromatic heterocycles. The van der Waals surface area contributed by atoms with E-state index in [2.05, 4.69) is 25.5 Å². The first-order chi connectivity index (χ1) is 9.97. The van der Waals surface area contributed by atoms with Crippen molar-refractivity contribution in [3.63, 3.8) is 0 Å². The predicted molar refractivity (Wildman–Crippen MR) is 82.8 cm³/mol. The minimum atomic E-state index is -0.0830. The van der Waals surface area contributed by atoms with Crippen molar-refractivity contribution in [2.24, 2.45) is 7.05 Å². The van der Waals surface area contributed by atoms with Crippen molar-refractivity contribution in [2.45, 2.75) is 31.2 Å². The number of thiophene rings is 1. The van der Waals surface area contributed by atoms with Gasteiger partial charge in [-0.1, -0.05) is 11.8 Å². The number of thioether (sulfide) groups is 1. The summed E-state index contributed by atoms with van der Waals surface area (Å²) in [4.78, 5) is 21.6. The van der Waals surface area contributed by atoms with Gasteiger partial charge in [-0.25, -0.2) is 9.67 Å². The van der Waals surface area contributed by atoms with Crippen LogP contribution in [0.1, 0.15) is 28.4 Å². The fourth-order valence-electron chi connectivity index (χ4n) is 2.00. The lowest BCUT2D eigenvalue weighted by Gasteiger charge is -2.08. The Hall–Kier alpha value is -1.74. The van der Waals surface area contributed by atoms with Gasteiger partial charge in [0, 0.05) is 11.9 Å². The molecule has 1 N–H and O–H groups in total. The molecule has 0 aliphatic heterocycles. The SMILES string of the molecule is Cc1sc2nc(C(C)Sc3nnnn3C)[nH]c(=O)c2c1C. The third-order valence-electron chi connectivity index (χ3n) is 3.31. The first-order valence-electron chi connectivity index (χ1n) is 6.36. The Morgan fingerprint density at radius 2 is 2.14 bits per heavy atom. The van der Waals surface area contributed by atoms with Gasteiger partial charge in [-0.3, -0.25) is 4.79 Å². The quantitative estimate of drug-likeness (QED) is 0.742. The molecule has 3 aromatic rings. The van der Waals surface area contributed by atoms with Crippen molar-refractivity contribution in [1.29, 1.82) is 0 Å². The van der Waals surface area contributed by atoms with Gasteiger partial charge in [0.15, 0.2) is 0 Å². The molecule has 0 radical (unpaired) electrons. The number of hydrogen-bond donors (Lipinski definition) is 1. The number of hydrogen-bond acceptors (Lipinski definition) is 7. The molecule has 9 heteroatoms. The number of fused-ring (bicyclic) bond motifs is 1. The highest BCUT2D eigenvalue weighted by atomic mass is 32.2. The van der Waals surface area contributed by atoms with Gasteiger partial charge in [0.1, 0.15) is 10.7 Å². The fraction of sp³-hybridized carbons (Fsp3) is 0.417. The molecule has 1 atom stereocenters. The van der Waals surface area contributed by atoms with E-state index >= 15 is 0 Å². The van der Waals surface area contributed by atoms with Gasteiger partial charge in [0.2, 0.25) is 5.16 Å². The van der Waals surface area contributed by atoms with E-state index in [9.17, 15) is 4.79 Å². The van der Waals surface area contributed by atoms with Crippen LogP contribution in [0.15, 0.2) is 9.95 Å². The molecule has 1 unspecified atom stereocenters. The zero-order valence-electron chi connectivity index (χ0n) is 12.0. The van der Waals surface area contributed by atoms with E-state index in [1.165, 1.54) is 11.8 Å². The second kappa shape index (κ2) is 5.23. The van der Waals surface area contributed by atoms with Gasteiger partial charge in [-0.15, -0.1) is 16.4 Å². The Kier molecular flexibility index (Phi) is 3.54. The second-order valence-electron chi connectivity index (χ2n) is 4.76. The van der Waals surface area contributed by atoms with Gasteiger partial charge >= 0.3 is 0 Å². The predicted octanol–water partition coefficient (Wildman–Crippen LogP) is 1.98. The maximum absolute atomic E-state index is 12.3. The lowest BCUT2D eigenvalue weighted by molar-refractivity contribution is 0.663. The smallest absolute Gasteiger partial charge is 0.259 e. The van der Waals surface area contributed by atoms with Crippen LogP contribution < -0.4 is 5.56 Å². The van der Waals surface area contributed by atoms with Gasteiger partial charge in [0.25, 0.3) is 5.56 Å². The molecule has 110 valence electrons. The van der Waals surface area contributed by atoms with E-state index in [0.717, 1.165) is 15.3 Å². The number of aromatic amines is 1. The summed E-state index contributed by atoms with van der Waals surface area (Å²) in [7, 11) is 1.78. The third-order valence-corrected chi connectivity index (χ3v) is 5.54. The van der Waals surface area contributed by atoms with Gasteiger partial charge in [-0.05, 0) is 36.8 Å². The molecule has 0 aliphatic carbocycles. The van der Waals surface area contributed by atoms with Crippen LogP contribution in [0.5, 0.6) is 0 Å². The highest BCUT2D eigenvalue weighted by Crippen LogP contribution is 2.32. The molecule has 0 fully saturated rings. The summed E-state index contributed by atoms with van der Waals surface area (Å²) in [6.45, 7) is 5.93. The van der Waals surface area contributed by atoms with Crippen LogP contribution in [0.2, 0.25) is 0 Å². The maximum Gasteiger partial charge on any atom is 0.259 e. The Balaban J connectivity index is 2.01. The molecular weight excluding hydrogens is 308 g/mol. The average molecular weight is 322 g/mol. The standard InChI is InChI=1S/C12H14N6OS2/c1-5-6(2)20-11-8(5)10(19)13-9(14-11)7(3)21-12-15-16-17-18(12)4/h7H,1-4H3,(H,13,14,19). The number of tetrazole rings is 1. The molecule has 7 nitrogen and oxygen atoms in total. The first kappa shape index (κ1) is 14.2. The Morgan fingerprint density at radius 3 is 2.81 bits per heavy atom. The van der Waals surface area contributed by atoms with Gasteiger partial charge < -0.3 is 4.98 Å². The Bertz CT molecular complexity index is 864. The second-order valence-corrected chi connectivity index (χ2v) is 7.27. The van der Waals surface area contributed by atoms with Crippen LogP contribution in [0.4, 0.5) is 0 Å². The topological polar surface area (TPSA) is 89.3 Å². The van der Waals surface area contributed by atoms with E-state index in [1.807, 2.05) is 20.8 Å². The number of aromatic nitrogens is 6. The zero-order valence-corrected chi connectivity index (χ0v) is 13.7. The molecule has 0 saturated carbocycles. The summed E-state index contributed by atoms with van der Waals surface area (Å²) in [6.07, 6.45) is 0. The van der Waals surface area contributed by atoms with Crippen molar-refractivity contribution in [3.05, 3.63) is 26.6 Å². The summed E-state index contributed by atoms with van der Waals surface area (Å²) in [5.41, 5.74) is 0.925. The fourth-order valence-corrected chi connectivity index (χ4v) is 3.85. The molecule has 0 amide bonds. The summed E-state index contributed by atoms with van der Waals surface area (Å²) < 4.78 is 1.59. The summed E-state index contributed by atoms with van der Waals surface area (Å²) in [5.74, 6) is 0.641. The van der Waals surface area contributed by atoms with Crippen LogP contribution >= 0.6 is 23.1 Å². The number of nitrogens with one attached hydrogen (secondary N) is 1.